The number of nitrogens with two attached hydrogens (primary N) is 1. The number of aromatic hydroxyl groups is 1. The fourth-order valence-electron chi connectivity index (χ4n) is 1.02. The first-order valence-electron chi connectivity index (χ1n) is 3.67. The molecule has 3 N–H and O–H groups in total. The van der Waals surface area contributed by atoms with Gasteiger partial charge in [0.2, 0.25) is 0 Å². The van der Waals surface area contributed by atoms with Gasteiger partial charge in [0.05, 0.1) is 5.69 Å². The van der Waals surface area contributed by atoms with Crippen LogP contribution < -0.4 is 5.73 Å². The Morgan fingerprint density at radius 1 is 1.58 bits per heavy atom. The molecule has 0 atom stereocenters. The first kappa shape index (κ1) is 8.59. The molecule has 3 heteroatoms. The van der Waals surface area contributed by atoms with Gasteiger partial charge in [-0.3, -0.25) is 4.79 Å². The van der Waals surface area contributed by atoms with Gasteiger partial charge in [-0.25, -0.2) is 0 Å². The van der Waals surface area contributed by atoms with E-state index in [9.17, 15) is 9.90 Å². The third-order valence-corrected chi connectivity index (χ3v) is 1.59. The average Bonchev–Trinajstić information content (AvgIpc) is 1.98. The number of carbonyl (C=O) groups excluding carboxylic acids is 1. The number of phenolic OH excluding ortho intramolecular Hbond substituents is 1. The molecule has 0 saturated carbocycles. The lowest BCUT2D eigenvalue weighted by Gasteiger charge is -2.03. The van der Waals surface area contributed by atoms with Crippen molar-refractivity contribution in [2.24, 2.45) is 0 Å². The van der Waals surface area contributed by atoms with Gasteiger partial charge < -0.3 is 10.8 Å². The van der Waals surface area contributed by atoms with Crippen LogP contribution in [0.1, 0.15) is 12.5 Å². The van der Waals surface area contributed by atoms with Crippen LogP contribution in [0.2, 0.25) is 0 Å². The Balaban J connectivity index is 3.00. The van der Waals surface area contributed by atoms with Crippen molar-refractivity contribution >= 4 is 11.5 Å². The summed E-state index contributed by atoms with van der Waals surface area (Å²) >= 11 is 0. The predicted molar refractivity (Wildman–Crippen MR) is 46.9 cm³/mol. The lowest BCUT2D eigenvalue weighted by Crippen LogP contribution is -1.98. The number of hydrogen-bond donors (Lipinski definition) is 2. The summed E-state index contributed by atoms with van der Waals surface area (Å²) in [6, 6.07) is 5.00. The van der Waals surface area contributed by atoms with E-state index >= 15 is 0 Å². The Bertz CT molecular complexity index is 307. The number of hydrogen-bond acceptors (Lipinski definition) is 3. The quantitative estimate of drug-likeness (QED) is 0.509. The zero-order chi connectivity index (χ0) is 9.14. The molecule has 0 aliphatic carbocycles. The summed E-state index contributed by atoms with van der Waals surface area (Å²) in [6.07, 6.45) is 0.233. The van der Waals surface area contributed by atoms with Crippen molar-refractivity contribution in [3.05, 3.63) is 23.8 Å². The number of phenols is 1. The zero-order valence-corrected chi connectivity index (χ0v) is 6.87. The van der Waals surface area contributed by atoms with Crippen molar-refractivity contribution < 1.29 is 9.90 Å². The van der Waals surface area contributed by atoms with Crippen LogP contribution in [-0.4, -0.2) is 10.9 Å². The van der Waals surface area contributed by atoms with Crippen molar-refractivity contribution in [1.29, 1.82) is 0 Å². The maximum atomic E-state index is 10.7. The van der Waals surface area contributed by atoms with E-state index < -0.39 is 0 Å². The van der Waals surface area contributed by atoms with Gasteiger partial charge in [-0.2, -0.15) is 0 Å². The highest BCUT2D eigenvalue weighted by Crippen LogP contribution is 2.24. The highest BCUT2D eigenvalue weighted by molar-refractivity contribution is 5.79. The molecule has 0 bridgehead atoms. The standard InChI is InChI=1S/C9H11NO2/c1-6(11)5-7-3-2-4-8(10)9(7)12/h2-4,12H,5,10H2,1H3. The van der Waals surface area contributed by atoms with Crippen molar-refractivity contribution in [1.82, 2.24) is 0 Å². The van der Waals surface area contributed by atoms with Crippen LogP contribution in [0.4, 0.5) is 5.69 Å². The minimum atomic E-state index is 0.0101. The van der Waals surface area contributed by atoms with E-state index in [0.717, 1.165) is 0 Å². The number of ketones is 1. The number of nitrogen functional groups attached to an aromatic ring is 1. The molecule has 12 heavy (non-hydrogen) atoms. The third kappa shape index (κ3) is 1.75. The van der Waals surface area contributed by atoms with Crippen molar-refractivity contribution in [3.8, 4) is 5.75 Å². The smallest absolute Gasteiger partial charge is 0.142 e. The number of para-hydroxylation sites is 1. The van der Waals surface area contributed by atoms with Gasteiger partial charge >= 0.3 is 0 Å². The highest BCUT2D eigenvalue weighted by atomic mass is 16.3. The fraction of sp³-hybridized carbons (Fsp3) is 0.222. The maximum absolute atomic E-state index is 10.7. The fourth-order valence-corrected chi connectivity index (χ4v) is 1.02. The molecule has 64 valence electrons. The summed E-state index contributed by atoms with van der Waals surface area (Å²) in [5, 5.41) is 9.37. The highest BCUT2D eigenvalue weighted by Gasteiger charge is 2.05. The van der Waals surface area contributed by atoms with Crippen LogP contribution in [0.15, 0.2) is 18.2 Å². The lowest BCUT2D eigenvalue weighted by atomic mass is 10.1. The van der Waals surface area contributed by atoms with E-state index in [1.165, 1.54) is 6.92 Å². The van der Waals surface area contributed by atoms with Crippen LogP contribution in [0, 0.1) is 0 Å². The molecule has 0 aliphatic rings. The molecule has 1 rings (SSSR count). The Labute approximate surface area is 70.8 Å². The van der Waals surface area contributed by atoms with E-state index in [1.54, 1.807) is 18.2 Å². The molecule has 1 aromatic rings. The Morgan fingerprint density at radius 3 is 2.83 bits per heavy atom. The molecule has 0 radical (unpaired) electrons. The molecular weight excluding hydrogens is 154 g/mol. The Hall–Kier alpha value is -1.51. The van der Waals surface area contributed by atoms with Gasteiger partial charge in [0.15, 0.2) is 0 Å². The molecule has 0 unspecified atom stereocenters. The summed E-state index contributed by atoms with van der Waals surface area (Å²) in [5.41, 5.74) is 6.33. The predicted octanol–water partition coefficient (Wildman–Crippen LogP) is 1.11. The third-order valence-electron chi connectivity index (χ3n) is 1.59. The minimum Gasteiger partial charge on any atom is -0.505 e. The van der Waals surface area contributed by atoms with E-state index in [2.05, 4.69) is 0 Å². The molecular formula is C9H11NO2. The maximum Gasteiger partial charge on any atom is 0.142 e. The number of carbonyl (C=O) groups is 1. The number of Topliss-reactive ketones (excluding diaryl/α,β-unsaturated/α-hetero) is 1. The van der Waals surface area contributed by atoms with Gasteiger partial charge in [0.1, 0.15) is 11.5 Å². The molecule has 0 spiro atoms. The topological polar surface area (TPSA) is 63.3 Å². The molecule has 0 aromatic heterocycles. The van der Waals surface area contributed by atoms with Gasteiger partial charge in [-0.15, -0.1) is 0 Å². The second kappa shape index (κ2) is 3.26. The molecule has 0 heterocycles. The van der Waals surface area contributed by atoms with Gasteiger partial charge in [0, 0.05) is 12.0 Å². The summed E-state index contributed by atoms with van der Waals surface area (Å²) in [6.45, 7) is 1.47. The Morgan fingerprint density at radius 2 is 2.25 bits per heavy atom. The molecule has 0 saturated heterocycles. The SMILES string of the molecule is CC(=O)Cc1cccc(N)c1O. The van der Waals surface area contributed by atoms with Gasteiger partial charge in [-0.05, 0) is 13.0 Å². The second-order valence-corrected chi connectivity index (χ2v) is 2.73. The summed E-state index contributed by atoms with van der Waals surface area (Å²) in [5.74, 6) is 0.0311. The molecule has 0 aliphatic heterocycles. The van der Waals surface area contributed by atoms with Crippen molar-refractivity contribution in [2.45, 2.75) is 13.3 Å². The normalized spacial score (nSPS) is 9.75. The van der Waals surface area contributed by atoms with E-state index in [0.29, 0.717) is 11.3 Å². The van der Waals surface area contributed by atoms with E-state index in [4.69, 9.17) is 5.73 Å². The minimum absolute atomic E-state index is 0.0101. The van der Waals surface area contributed by atoms with E-state index in [1.807, 2.05) is 0 Å². The Kier molecular flexibility index (Phi) is 2.33. The molecule has 0 amide bonds. The van der Waals surface area contributed by atoms with Crippen LogP contribution >= 0.6 is 0 Å². The van der Waals surface area contributed by atoms with Gasteiger partial charge in [0.25, 0.3) is 0 Å². The van der Waals surface area contributed by atoms with E-state index in [-0.39, 0.29) is 18.0 Å². The van der Waals surface area contributed by atoms with Crippen LogP contribution in [-0.2, 0) is 11.2 Å². The van der Waals surface area contributed by atoms with Crippen molar-refractivity contribution in [2.75, 3.05) is 5.73 Å². The number of benzene rings is 1. The second-order valence-electron chi connectivity index (χ2n) is 2.73. The average molecular weight is 165 g/mol. The summed E-state index contributed by atoms with van der Waals surface area (Å²) < 4.78 is 0. The van der Waals surface area contributed by atoms with Crippen LogP contribution in [0.5, 0.6) is 5.75 Å². The monoisotopic (exact) mass is 165 g/mol. The van der Waals surface area contributed by atoms with Crippen molar-refractivity contribution in [3.63, 3.8) is 0 Å². The van der Waals surface area contributed by atoms with Crippen LogP contribution in [0.3, 0.4) is 0 Å². The molecule has 1 aromatic carbocycles. The molecule has 0 fully saturated rings. The molecule has 3 nitrogen and oxygen atoms in total. The number of rotatable bonds is 2. The first-order valence-corrected chi connectivity index (χ1v) is 3.67. The largest absolute Gasteiger partial charge is 0.505 e. The van der Waals surface area contributed by atoms with Crippen LogP contribution in [0.25, 0.3) is 0 Å². The first-order chi connectivity index (χ1) is 5.61. The zero-order valence-electron chi connectivity index (χ0n) is 6.87. The lowest BCUT2D eigenvalue weighted by molar-refractivity contribution is -0.116. The summed E-state index contributed by atoms with van der Waals surface area (Å²) in [4.78, 5) is 10.7. The van der Waals surface area contributed by atoms with Gasteiger partial charge in [-0.1, -0.05) is 12.1 Å². The number of anilines is 1. The summed E-state index contributed by atoms with van der Waals surface area (Å²) in [7, 11) is 0.